The summed E-state index contributed by atoms with van der Waals surface area (Å²) in [5.74, 6) is 0.704. The third kappa shape index (κ3) is 4.49. The van der Waals surface area contributed by atoms with Crippen molar-refractivity contribution in [3.8, 4) is 45.3 Å². The number of aromatic nitrogens is 3. The Labute approximate surface area is 290 Å². The van der Waals surface area contributed by atoms with E-state index in [1.54, 1.807) is 0 Å². The highest BCUT2D eigenvalue weighted by atomic mass is 16.3. The maximum atomic E-state index is 9.47. The minimum Gasteiger partial charge on any atom is -0.456 e. The van der Waals surface area contributed by atoms with Gasteiger partial charge in [-0.25, -0.2) is 15.0 Å². The third-order valence-electron chi connectivity index (χ3n) is 9.03. The highest BCUT2D eigenvalue weighted by Gasteiger charge is 2.17. The van der Waals surface area contributed by atoms with E-state index in [9.17, 15) is 5.48 Å². The molecule has 8 aromatic carbocycles. The number of rotatable bonds is 4. The Bertz CT molecular complexity index is 3130. The molecule has 0 unspecified atom stereocenters. The van der Waals surface area contributed by atoms with Crippen molar-refractivity contribution in [2.24, 2.45) is 0 Å². The van der Waals surface area contributed by atoms with Crippen LogP contribution in [-0.2, 0) is 0 Å². The predicted octanol–water partition coefficient (Wildman–Crippen LogP) is 11.9. The monoisotopic (exact) mass is 631 g/mol. The fourth-order valence-electron chi connectivity index (χ4n) is 6.76. The van der Waals surface area contributed by atoms with Crippen LogP contribution in [0.3, 0.4) is 0 Å². The molecule has 10 rings (SSSR count). The molecule has 0 aliphatic heterocycles. The van der Waals surface area contributed by atoms with Crippen LogP contribution in [0.5, 0.6) is 0 Å². The van der Waals surface area contributed by atoms with E-state index < -0.39 is 0 Å². The van der Waals surface area contributed by atoms with Crippen molar-refractivity contribution in [3.63, 3.8) is 0 Å². The second-order valence-corrected chi connectivity index (χ2v) is 11.9. The van der Waals surface area contributed by atoms with Gasteiger partial charge in [-0.15, -0.1) is 0 Å². The summed E-state index contributed by atoms with van der Waals surface area (Å²) in [6.07, 6.45) is 0. The average molecular weight is 632 g/mol. The minimum absolute atomic E-state index is 0.0253. The summed E-state index contributed by atoms with van der Waals surface area (Å²) in [5.41, 5.74) is 2.21. The Morgan fingerprint density at radius 3 is 1.55 bits per heavy atom. The van der Waals surface area contributed by atoms with Gasteiger partial charge in [-0.05, 0) is 67.6 Å². The molecule has 0 radical (unpaired) electrons. The molecule has 0 saturated carbocycles. The molecule has 0 atom stereocenters. The van der Waals surface area contributed by atoms with E-state index in [1.807, 2.05) is 103 Å². The van der Waals surface area contributed by atoms with Crippen molar-refractivity contribution in [3.05, 3.63) is 164 Å². The van der Waals surface area contributed by atoms with E-state index in [4.69, 9.17) is 22.1 Å². The van der Waals surface area contributed by atoms with Gasteiger partial charge in [-0.3, -0.25) is 0 Å². The zero-order valence-corrected chi connectivity index (χ0v) is 25.9. The summed E-state index contributed by atoms with van der Waals surface area (Å²) in [4.78, 5) is 14.2. The van der Waals surface area contributed by atoms with E-state index in [1.165, 1.54) is 0 Å². The van der Waals surface area contributed by atoms with E-state index in [2.05, 4.69) is 24.3 Å². The lowest BCUT2D eigenvalue weighted by atomic mass is 9.91. The van der Waals surface area contributed by atoms with Crippen LogP contribution in [-0.4, -0.2) is 15.0 Å². The smallest absolute Gasteiger partial charge is 0.164 e. The van der Waals surface area contributed by atoms with Crippen LogP contribution in [0.25, 0.3) is 99.5 Å². The first-order chi connectivity index (χ1) is 26.8. The molecule has 0 bridgehead atoms. The first-order valence-electron chi connectivity index (χ1n) is 19.0. The van der Waals surface area contributed by atoms with Crippen LogP contribution in [0.15, 0.2) is 168 Å². The van der Waals surface area contributed by atoms with Gasteiger partial charge in [0.15, 0.2) is 17.5 Å². The predicted molar refractivity (Wildman–Crippen MR) is 201 cm³/mol. The molecule has 0 aliphatic carbocycles. The molecule has 4 heteroatoms. The zero-order chi connectivity index (χ0) is 37.5. The summed E-state index contributed by atoms with van der Waals surface area (Å²) in [6.45, 7) is 0. The van der Waals surface area contributed by atoms with Crippen molar-refractivity contribution < 1.29 is 12.6 Å². The highest BCUT2D eigenvalue weighted by molar-refractivity contribution is 6.26. The number of hydrogen-bond donors (Lipinski definition) is 0. The first kappa shape index (κ1) is 22.0. The Balaban J connectivity index is 1.27. The van der Waals surface area contributed by atoms with Gasteiger partial charge in [0.2, 0.25) is 0 Å². The van der Waals surface area contributed by atoms with Gasteiger partial charge in [0, 0.05) is 27.5 Å². The maximum Gasteiger partial charge on any atom is 0.164 e. The fraction of sp³-hybridized carbons (Fsp3) is 0. The van der Waals surface area contributed by atoms with Gasteiger partial charge in [-0.2, -0.15) is 0 Å². The molecule has 0 fully saturated rings. The molecule has 4 nitrogen and oxygen atoms in total. The molecular weight excluding hydrogens is 599 g/mol. The van der Waals surface area contributed by atoms with Crippen molar-refractivity contribution in [2.75, 3.05) is 0 Å². The molecule has 0 spiro atoms. The lowest BCUT2D eigenvalue weighted by molar-refractivity contribution is 0.669. The summed E-state index contributed by atoms with van der Waals surface area (Å²) in [5, 5.41) is 6.65. The molecule has 0 amide bonds. The van der Waals surface area contributed by atoms with Crippen LogP contribution < -0.4 is 0 Å². The number of fused-ring (bicyclic) bond motifs is 9. The van der Waals surface area contributed by atoms with Gasteiger partial charge in [0.25, 0.3) is 0 Å². The van der Waals surface area contributed by atoms with Gasteiger partial charge in [-0.1, -0.05) is 139 Å². The fourth-order valence-corrected chi connectivity index (χ4v) is 6.76. The Morgan fingerprint density at radius 1 is 0.408 bits per heavy atom. The van der Waals surface area contributed by atoms with Crippen molar-refractivity contribution in [1.82, 2.24) is 15.0 Å². The lowest BCUT2D eigenvalue weighted by Crippen LogP contribution is -2.00. The standard InChI is InChI=1S/C45H27N3O/c1-3-12-28(13-4-1)43-46-44(29-14-5-2-6-15-29)48-45(47-43)31-23-25-38-41(27-31)49-40-21-11-20-32(42(38)40)30-22-24-37-35-18-8-7-16-33(35)34-17-9-10-19-36(34)39(37)26-30/h1-27H/i11D,20D,21D,23D,25D,27D. The number of benzene rings is 8. The van der Waals surface area contributed by atoms with Crippen LogP contribution in [0.2, 0.25) is 0 Å². The number of furan rings is 1. The molecule has 2 aromatic heterocycles. The summed E-state index contributed by atoms with van der Waals surface area (Å²) in [6, 6.07) is 39.3. The Hall–Kier alpha value is -6.65. The highest BCUT2D eigenvalue weighted by Crippen LogP contribution is 2.41. The van der Waals surface area contributed by atoms with Crippen molar-refractivity contribution in [2.45, 2.75) is 0 Å². The SMILES string of the molecule is [2H]c1c([2H])c(-c2ccc3c4ccccc4c4ccccc4c3c2)c2c(oc3c([2H])c(-c4nc(-c5ccccc5)nc(-c5ccccc5)n4)c([2H])c([2H])c32)c1[2H]. The lowest BCUT2D eigenvalue weighted by Gasteiger charge is -2.12. The molecule has 228 valence electrons. The molecule has 0 saturated heterocycles. The molecule has 10 aromatic rings. The summed E-state index contributed by atoms with van der Waals surface area (Å²) >= 11 is 0. The maximum absolute atomic E-state index is 9.47. The average Bonchev–Trinajstić information content (AvgIpc) is 3.64. The van der Waals surface area contributed by atoms with Gasteiger partial charge in [0.1, 0.15) is 11.2 Å². The topological polar surface area (TPSA) is 51.8 Å². The van der Waals surface area contributed by atoms with Gasteiger partial charge >= 0.3 is 0 Å². The van der Waals surface area contributed by atoms with E-state index >= 15 is 0 Å². The second-order valence-electron chi connectivity index (χ2n) is 11.9. The first-order valence-corrected chi connectivity index (χ1v) is 16.0. The van der Waals surface area contributed by atoms with Crippen molar-refractivity contribution >= 4 is 54.3 Å². The van der Waals surface area contributed by atoms with Crippen LogP contribution in [0.1, 0.15) is 8.22 Å². The van der Waals surface area contributed by atoms with E-state index in [0.29, 0.717) is 33.9 Å². The number of nitrogens with zero attached hydrogens (tertiary/aromatic N) is 3. The molecule has 2 heterocycles. The van der Waals surface area contributed by atoms with Crippen LogP contribution in [0.4, 0.5) is 0 Å². The Kier molecular flexibility index (Phi) is 4.93. The molecule has 49 heavy (non-hydrogen) atoms. The van der Waals surface area contributed by atoms with E-state index in [0.717, 1.165) is 32.3 Å². The largest absolute Gasteiger partial charge is 0.456 e. The van der Waals surface area contributed by atoms with E-state index in [-0.39, 0.29) is 69.6 Å². The molecule has 0 N–H and O–H groups in total. The van der Waals surface area contributed by atoms with Gasteiger partial charge < -0.3 is 4.42 Å². The third-order valence-corrected chi connectivity index (χ3v) is 9.03. The number of hydrogen-bond acceptors (Lipinski definition) is 4. The van der Waals surface area contributed by atoms with Crippen LogP contribution >= 0.6 is 0 Å². The Morgan fingerprint density at radius 2 is 0.939 bits per heavy atom. The second kappa shape index (κ2) is 11.0. The molecule has 0 aliphatic rings. The summed E-state index contributed by atoms with van der Waals surface area (Å²) in [7, 11) is 0. The normalized spacial score (nSPS) is 13.4. The molecular formula is C45H27N3O. The van der Waals surface area contributed by atoms with Crippen molar-refractivity contribution in [1.29, 1.82) is 0 Å². The minimum atomic E-state index is -0.341. The zero-order valence-electron chi connectivity index (χ0n) is 31.9. The van der Waals surface area contributed by atoms with Gasteiger partial charge in [0.05, 0.1) is 8.22 Å². The van der Waals surface area contributed by atoms with Crippen LogP contribution in [0, 0.1) is 0 Å². The quantitative estimate of drug-likeness (QED) is 0.181. The summed E-state index contributed by atoms with van der Waals surface area (Å²) < 4.78 is 61.5.